The molecule has 1 unspecified atom stereocenters. The van der Waals surface area contributed by atoms with Gasteiger partial charge in [-0.3, -0.25) is 0 Å². The number of anilines is 1. The van der Waals surface area contributed by atoms with Gasteiger partial charge in [-0.05, 0) is 48.4 Å². The molecule has 0 fully saturated rings. The molecule has 0 saturated heterocycles. The summed E-state index contributed by atoms with van der Waals surface area (Å²) in [5.41, 5.74) is 8.36. The van der Waals surface area contributed by atoms with Crippen LogP contribution in [0.1, 0.15) is 17.2 Å². The van der Waals surface area contributed by atoms with Crippen molar-refractivity contribution in [3.05, 3.63) is 59.4 Å². The molecule has 0 aliphatic rings. The van der Waals surface area contributed by atoms with Crippen molar-refractivity contribution >= 4 is 5.69 Å². The number of nitrogens with two attached hydrogens (primary N) is 1. The fourth-order valence-electron chi connectivity index (χ4n) is 2.05. The molecular formula is C16H19FN2O. The zero-order valence-electron chi connectivity index (χ0n) is 11.7. The summed E-state index contributed by atoms with van der Waals surface area (Å²) >= 11 is 0. The van der Waals surface area contributed by atoms with E-state index in [1.54, 1.807) is 20.1 Å². The third kappa shape index (κ3) is 3.27. The highest BCUT2D eigenvalue weighted by atomic mass is 19.1. The lowest BCUT2D eigenvalue weighted by molar-refractivity contribution is 0.415. The molecule has 0 heterocycles. The van der Waals surface area contributed by atoms with Crippen LogP contribution in [0.2, 0.25) is 0 Å². The van der Waals surface area contributed by atoms with Crippen molar-refractivity contribution in [3.8, 4) is 5.75 Å². The molecule has 20 heavy (non-hydrogen) atoms. The zero-order chi connectivity index (χ0) is 14.5. The quantitative estimate of drug-likeness (QED) is 0.879. The molecule has 0 aromatic heterocycles. The Bertz CT molecular complexity index is 569. The molecule has 3 N–H and O–H groups in total. The molecule has 0 bridgehead atoms. The van der Waals surface area contributed by atoms with Crippen molar-refractivity contribution in [2.75, 3.05) is 19.0 Å². The molecule has 0 saturated carbocycles. The van der Waals surface area contributed by atoms with Crippen LogP contribution in [0.4, 0.5) is 10.1 Å². The van der Waals surface area contributed by atoms with Crippen LogP contribution >= 0.6 is 0 Å². The Morgan fingerprint density at radius 2 is 1.90 bits per heavy atom. The SMILES string of the molecule is COc1ccc(NC(CN)c2ccc(F)c(C)c2)cc1. The first-order chi connectivity index (χ1) is 9.63. The molecule has 4 heteroatoms. The molecule has 1 atom stereocenters. The van der Waals surface area contributed by atoms with Gasteiger partial charge in [-0.2, -0.15) is 0 Å². The predicted octanol–water partition coefficient (Wildman–Crippen LogP) is 3.25. The molecule has 2 rings (SSSR count). The lowest BCUT2D eigenvalue weighted by Crippen LogP contribution is -2.20. The van der Waals surface area contributed by atoms with E-state index < -0.39 is 0 Å². The van der Waals surface area contributed by atoms with Crippen LogP contribution in [0, 0.1) is 12.7 Å². The van der Waals surface area contributed by atoms with Gasteiger partial charge < -0.3 is 15.8 Å². The molecular weight excluding hydrogens is 255 g/mol. The first-order valence-electron chi connectivity index (χ1n) is 6.50. The molecule has 106 valence electrons. The van der Waals surface area contributed by atoms with Gasteiger partial charge in [-0.25, -0.2) is 4.39 Å². The van der Waals surface area contributed by atoms with E-state index in [4.69, 9.17) is 10.5 Å². The molecule has 2 aromatic rings. The van der Waals surface area contributed by atoms with E-state index in [1.807, 2.05) is 30.3 Å². The van der Waals surface area contributed by atoms with Gasteiger partial charge in [0, 0.05) is 12.2 Å². The van der Waals surface area contributed by atoms with Crippen molar-refractivity contribution in [1.29, 1.82) is 0 Å². The Labute approximate surface area is 118 Å². The first-order valence-corrected chi connectivity index (χ1v) is 6.50. The van der Waals surface area contributed by atoms with Gasteiger partial charge in [0.05, 0.1) is 13.2 Å². The molecule has 3 nitrogen and oxygen atoms in total. The minimum Gasteiger partial charge on any atom is -0.497 e. The van der Waals surface area contributed by atoms with Crippen LogP contribution in [0.5, 0.6) is 5.75 Å². The number of rotatable bonds is 5. The largest absolute Gasteiger partial charge is 0.497 e. The van der Waals surface area contributed by atoms with Gasteiger partial charge in [0.25, 0.3) is 0 Å². The van der Waals surface area contributed by atoms with E-state index in [2.05, 4.69) is 5.32 Å². The van der Waals surface area contributed by atoms with Crippen molar-refractivity contribution in [2.45, 2.75) is 13.0 Å². The van der Waals surface area contributed by atoms with Crippen molar-refractivity contribution in [3.63, 3.8) is 0 Å². The summed E-state index contributed by atoms with van der Waals surface area (Å²) in [6.45, 7) is 2.18. The second-order valence-corrected chi connectivity index (χ2v) is 4.67. The first kappa shape index (κ1) is 14.3. The summed E-state index contributed by atoms with van der Waals surface area (Å²) in [7, 11) is 1.63. The van der Waals surface area contributed by atoms with E-state index in [1.165, 1.54) is 6.07 Å². The number of nitrogens with one attached hydrogen (secondary N) is 1. The van der Waals surface area contributed by atoms with Crippen LogP contribution in [0.3, 0.4) is 0 Å². The summed E-state index contributed by atoms with van der Waals surface area (Å²) in [6, 6.07) is 12.6. The zero-order valence-corrected chi connectivity index (χ0v) is 11.7. The van der Waals surface area contributed by atoms with Crippen LogP contribution < -0.4 is 15.8 Å². The van der Waals surface area contributed by atoms with Crippen LogP contribution in [0.15, 0.2) is 42.5 Å². The van der Waals surface area contributed by atoms with E-state index in [9.17, 15) is 4.39 Å². The third-order valence-electron chi connectivity index (χ3n) is 3.25. The molecule has 0 aliphatic heterocycles. The number of halogens is 1. The molecule has 2 aromatic carbocycles. The summed E-state index contributed by atoms with van der Waals surface area (Å²) in [4.78, 5) is 0. The number of ether oxygens (including phenoxy) is 1. The average molecular weight is 274 g/mol. The van der Waals surface area contributed by atoms with E-state index in [-0.39, 0.29) is 11.9 Å². The van der Waals surface area contributed by atoms with E-state index >= 15 is 0 Å². The predicted molar refractivity (Wildman–Crippen MR) is 79.5 cm³/mol. The van der Waals surface area contributed by atoms with Crippen molar-refractivity contribution in [1.82, 2.24) is 0 Å². The molecule has 0 spiro atoms. The van der Waals surface area contributed by atoms with Crippen LogP contribution in [0.25, 0.3) is 0 Å². The topological polar surface area (TPSA) is 47.3 Å². The van der Waals surface area contributed by atoms with Crippen LogP contribution in [-0.2, 0) is 0 Å². The van der Waals surface area contributed by atoms with Crippen molar-refractivity contribution < 1.29 is 9.13 Å². The third-order valence-corrected chi connectivity index (χ3v) is 3.25. The number of methoxy groups -OCH3 is 1. The maximum absolute atomic E-state index is 13.3. The van der Waals surface area contributed by atoms with Crippen LogP contribution in [-0.4, -0.2) is 13.7 Å². The second-order valence-electron chi connectivity index (χ2n) is 4.67. The maximum Gasteiger partial charge on any atom is 0.126 e. The van der Waals surface area contributed by atoms with Gasteiger partial charge in [0.2, 0.25) is 0 Å². The fraction of sp³-hybridized carbons (Fsp3) is 0.250. The highest BCUT2D eigenvalue weighted by molar-refractivity contribution is 5.48. The maximum atomic E-state index is 13.3. The smallest absolute Gasteiger partial charge is 0.126 e. The summed E-state index contributed by atoms with van der Waals surface area (Å²) < 4.78 is 18.4. The van der Waals surface area contributed by atoms with Gasteiger partial charge in [0.15, 0.2) is 0 Å². The van der Waals surface area contributed by atoms with E-state index in [0.717, 1.165) is 17.0 Å². The van der Waals surface area contributed by atoms with Gasteiger partial charge in [-0.1, -0.05) is 12.1 Å². The Hall–Kier alpha value is -2.07. The van der Waals surface area contributed by atoms with Crippen molar-refractivity contribution in [2.24, 2.45) is 5.73 Å². The minimum absolute atomic E-state index is 0.0531. The second kappa shape index (κ2) is 6.39. The molecule has 0 radical (unpaired) electrons. The number of hydrogen-bond acceptors (Lipinski definition) is 3. The van der Waals surface area contributed by atoms with Gasteiger partial charge >= 0.3 is 0 Å². The standard InChI is InChI=1S/C16H19FN2O/c1-11-9-12(3-8-15(11)17)16(10-18)19-13-4-6-14(20-2)7-5-13/h3-9,16,19H,10,18H2,1-2H3. The Balaban J connectivity index is 2.16. The summed E-state index contributed by atoms with van der Waals surface area (Å²) in [6.07, 6.45) is 0. The Kier molecular flexibility index (Phi) is 4.58. The molecule has 0 aliphatic carbocycles. The summed E-state index contributed by atoms with van der Waals surface area (Å²) in [5.74, 6) is 0.603. The number of benzene rings is 2. The van der Waals surface area contributed by atoms with E-state index in [0.29, 0.717) is 12.1 Å². The van der Waals surface area contributed by atoms with Gasteiger partial charge in [-0.15, -0.1) is 0 Å². The normalized spacial score (nSPS) is 12.0. The fourth-order valence-corrected chi connectivity index (χ4v) is 2.05. The monoisotopic (exact) mass is 274 g/mol. The average Bonchev–Trinajstić information content (AvgIpc) is 2.48. The summed E-state index contributed by atoms with van der Waals surface area (Å²) in [5, 5.41) is 3.34. The Morgan fingerprint density at radius 1 is 1.20 bits per heavy atom. The number of aryl methyl sites for hydroxylation is 1. The van der Waals surface area contributed by atoms with Gasteiger partial charge in [0.1, 0.15) is 11.6 Å². The highest BCUT2D eigenvalue weighted by Gasteiger charge is 2.11. The lowest BCUT2D eigenvalue weighted by Gasteiger charge is -2.19. The molecule has 0 amide bonds. The lowest BCUT2D eigenvalue weighted by atomic mass is 10.0. The number of hydrogen-bond donors (Lipinski definition) is 2. The minimum atomic E-state index is -0.200. The Morgan fingerprint density at radius 3 is 2.45 bits per heavy atom. The highest BCUT2D eigenvalue weighted by Crippen LogP contribution is 2.22.